The lowest BCUT2D eigenvalue weighted by Gasteiger charge is -2.39. The van der Waals surface area contributed by atoms with Crippen LogP contribution in [0.15, 0.2) is 60.8 Å². The maximum atomic E-state index is 14.0. The number of anilines is 2. The van der Waals surface area contributed by atoms with Gasteiger partial charge in [-0.1, -0.05) is 42.5 Å². The molecular formula is C34H48N6O4Si. The van der Waals surface area contributed by atoms with Gasteiger partial charge in [-0.25, -0.2) is 0 Å². The van der Waals surface area contributed by atoms with E-state index in [0.717, 1.165) is 62.3 Å². The molecule has 3 aliphatic heterocycles. The Morgan fingerprint density at radius 1 is 1.00 bits per heavy atom. The molecule has 2 aromatic carbocycles. The van der Waals surface area contributed by atoms with E-state index in [9.17, 15) is 14.7 Å². The lowest BCUT2D eigenvalue weighted by molar-refractivity contribution is -0.122. The molecule has 0 radical (unpaired) electrons. The number of ether oxygens (including phenoxy) is 1. The van der Waals surface area contributed by atoms with Gasteiger partial charge >= 0.3 is 0 Å². The highest BCUT2D eigenvalue weighted by Gasteiger charge is 2.53. The Morgan fingerprint density at radius 2 is 1.73 bits per heavy atom. The Labute approximate surface area is 267 Å². The van der Waals surface area contributed by atoms with Crippen LogP contribution in [0.2, 0.25) is 18.6 Å². The van der Waals surface area contributed by atoms with E-state index in [1.807, 2.05) is 47.1 Å². The smallest absolute Gasteiger partial charge is 0.254 e. The molecule has 4 heterocycles. The van der Waals surface area contributed by atoms with Crippen LogP contribution >= 0.6 is 0 Å². The monoisotopic (exact) mass is 632 g/mol. The second-order valence-electron chi connectivity index (χ2n) is 13.6. The molecule has 0 unspecified atom stereocenters. The van der Waals surface area contributed by atoms with Crippen molar-refractivity contribution in [3.8, 4) is 0 Å². The molecule has 3 saturated heterocycles. The number of nitrogens with zero attached hydrogens (tertiary/aromatic N) is 5. The highest BCUT2D eigenvalue weighted by atomic mass is 28.4. The molecule has 242 valence electrons. The molecule has 1 amide bonds. The molecule has 4 atom stereocenters. The molecule has 45 heavy (non-hydrogen) atoms. The summed E-state index contributed by atoms with van der Waals surface area (Å²) in [5.41, 5.74) is 3.67. The van der Waals surface area contributed by atoms with Crippen molar-refractivity contribution in [3.05, 3.63) is 72.1 Å². The van der Waals surface area contributed by atoms with Gasteiger partial charge in [0.15, 0.2) is 8.32 Å². The zero-order chi connectivity index (χ0) is 31.6. The van der Waals surface area contributed by atoms with Crippen molar-refractivity contribution in [3.63, 3.8) is 0 Å². The normalized spacial score (nSPS) is 25.0. The number of hydrogen-bond acceptors (Lipinski definition) is 8. The first-order valence-electron chi connectivity index (χ1n) is 16.5. The van der Waals surface area contributed by atoms with Crippen LogP contribution in [0.4, 0.5) is 11.4 Å². The van der Waals surface area contributed by atoms with Crippen molar-refractivity contribution < 1.29 is 19.4 Å². The summed E-state index contributed by atoms with van der Waals surface area (Å²) in [6.45, 7) is 9.23. The Balaban J connectivity index is 1.10. The molecule has 1 aromatic heterocycles. The quantitative estimate of drug-likeness (QED) is 0.274. The summed E-state index contributed by atoms with van der Waals surface area (Å²) >= 11 is 0. The van der Waals surface area contributed by atoms with Crippen molar-refractivity contribution in [2.75, 3.05) is 36.2 Å². The van der Waals surface area contributed by atoms with Gasteiger partial charge in [0.1, 0.15) is 5.54 Å². The minimum Gasteiger partial charge on any atom is -0.432 e. The third kappa shape index (κ3) is 6.59. The van der Waals surface area contributed by atoms with Gasteiger partial charge in [-0.15, -0.1) is 5.10 Å². The number of piperidine rings is 1. The number of carbonyl (C=O) groups excluding carboxylic acids is 1. The summed E-state index contributed by atoms with van der Waals surface area (Å²) in [6.07, 6.45) is 6.53. The summed E-state index contributed by atoms with van der Waals surface area (Å²) in [4.78, 5) is 29.5. The van der Waals surface area contributed by atoms with Crippen molar-refractivity contribution in [1.82, 2.24) is 20.3 Å². The standard InChI is InChI=1S/C34H48N6O4Si/c1-25-30(44-31(32(25)45(2,3)43)15-21-38-23-27(16-22-41)36-37-38)14-11-26-9-12-28(13-10-26)39-24-40(29-7-5-4-6-8-29)34(33(39)42)17-19-35-20-18-34/h4-10,12-13,23,25,30-32,35,41,43H,11,14-22,24H2,1-3H3/t25-,30+,31-,32+/m0/s1. The van der Waals surface area contributed by atoms with E-state index in [-0.39, 0.29) is 36.2 Å². The SMILES string of the molecule is C[C@@H]1[C@@H]([Si](C)(C)O)[C@H](CCn2cc(CCO)nn2)O[C@@H]1CCc1ccc(N2CN(c3ccccc3)C3(CCNCC3)C2=O)cc1. The van der Waals surface area contributed by atoms with E-state index in [1.165, 1.54) is 5.56 Å². The molecule has 1 spiro atoms. The molecule has 3 aromatic rings. The fourth-order valence-electron chi connectivity index (χ4n) is 7.94. The van der Waals surface area contributed by atoms with Crippen LogP contribution in [0.1, 0.15) is 43.9 Å². The number of aryl methyl sites for hydroxylation is 2. The van der Waals surface area contributed by atoms with Gasteiger partial charge in [0.05, 0.1) is 24.6 Å². The molecular weight excluding hydrogens is 584 g/mol. The average molecular weight is 633 g/mol. The number of nitrogens with one attached hydrogen (secondary N) is 1. The molecule has 0 aliphatic carbocycles. The van der Waals surface area contributed by atoms with E-state index in [0.29, 0.717) is 19.6 Å². The van der Waals surface area contributed by atoms with Crippen molar-refractivity contribution in [1.29, 1.82) is 0 Å². The van der Waals surface area contributed by atoms with E-state index >= 15 is 0 Å². The predicted octanol–water partition coefficient (Wildman–Crippen LogP) is 3.74. The van der Waals surface area contributed by atoms with Crippen LogP contribution in [0.5, 0.6) is 0 Å². The molecule has 11 heteroatoms. The van der Waals surface area contributed by atoms with Crippen LogP contribution in [0.3, 0.4) is 0 Å². The van der Waals surface area contributed by atoms with Crippen molar-refractivity contribution in [2.24, 2.45) is 5.92 Å². The lowest BCUT2D eigenvalue weighted by Crippen LogP contribution is -2.55. The summed E-state index contributed by atoms with van der Waals surface area (Å²) in [5, 5.41) is 20.9. The first-order valence-corrected chi connectivity index (χ1v) is 19.5. The average Bonchev–Trinajstić information content (AvgIpc) is 3.70. The molecule has 0 saturated carbocycles. The fraction of sp³-hybridized carbons (Fsp3) is 0.559. The molecule has 0 bridgehead atoms. The first-order chi connectivity index (χ1) is 21.7. The summed E-state index contributed by atoms with van der Waals surface area (Å²) < 4.78 is 8.47. The maximum absolute atomic E-state index is 14.0. The predicted molar refractivity (Wildman–Crippen MR) is 178 cm³/mol. The number of benzene rings is 2. The third-order valence-corrected chi connectivity index (χ3v) is 12.8. The second-order valence-corrected chi connectivity index (χ2v) is 17.6. The number of carbonyl (C=O) groups is 1. The zero-order valence-corrected chi connectivity index (χ0v) is 27.8. The Bertz CT molecular complexity index is 1420. The van der Waals surface area contributed by atoms with Gasteiger partial charge < -0.3 is 24.9 Å². The number of amides is 1. The topological polar surface area (TPSA) is 116 Å². The maximum Gasteiger partial charge on any atom is 0.254 e. The fourth-order valence-corrected chi connectivity index (χ4v) is 10.6. The van der Waals surface area contributed by atoms with Crippen LogP contribution in [-0.2, 0) is 28.9 Å². The van der Waals surface area contributed by atoms with Crippen molar-refractivity contribution >= 4 is 25.6 Å². The molecule has 3 fully saturated rings. The van der Waals surface area contributed by atoms with Gasteiger partial charge in [-0.05, 0) is 94.0 Å². The number of para-hydroxylation sites is 1. The lowest BCUT2D eigenvalue weighted by atomic mass is 9.86. The van der Waals surface area contributed by atoms with E-state index in [2.05, 4.69) is 63.9 Å². The highest BCUT2D eigenvalue weighted by Crippen LogP contribution is 2.46. The largest absolute Gasteiger partial charge is 0.432 e. The van der Waals surface area contributed by atoms with Crippen LogP contribution < -0.4 is 15.1 Å². The number of hydrogen-bond donors (Lipinski definition) is 3. The van der Waals surface area contributed by atoms with Gasteiger partial charge in [-0.2, -0.15) is 0 Å². The Hall–Kier alpha value is -3.09. The summed E-state index contributed by atoms with van der Waals surface area (Å²) in [5.74, 6) is 0.450. The summed E-state index contributed by atoms with van der Waals surface area (Å²) in [7, 11) is -2.47. The molecule has 3 N–H and O–H groups in total. The van der Waals surface area contributed by atoms with Gasteiger partial charge in [0.2, 0.25) is 0 Å². The first kappa shape index (κ1) is 31.9. The Kier molecular flexibility index (Phi) is 9.44. The van der Waals surface area contributed by atoms with Crippen LogP contribution in [0, 0.1) is 5.92 Å². The summed E-state index contributed by atoms with van der Waals surface area (Å²) in [6, 6.07) is 18.8. The Morgan fingerprint density at radius 3 is 2.42 bits per heavy atom. The van der Waals surface area contributed by atoms with Gasteiger partial charge in [-0.3, -0.25) is 14.4 Å². The second kappa shape index (κ2) is 13.3. The van der Waals surface area contributed by atoms with E-state index in [4.69, 9.17) is 4.74 Å². The molecule has 3 aliphatic rings. The van der Waals surface area contributed by atoms with E-state index in [1.54, 1.807) is 0 Å². The number of aromatic nitrogens is 3. The minimum atomic E-state index is -2.47. The number of aliphatic hydroxyl groups is 1. The number of aliphatic hydroxyl groups excluding tert-OH is 1. The van der Waals surface area contributed by atoms with Crippen molar-refractivity contribution in [2.45, 2.75) is 88.4 Å². The molecule has 6 rings (SSSR count). The van der Waals surface area contributed by atoms with Crippen LogP contribution in [0.25, 0.3) is 0 Å². The minimum absolute atomic E-state index is 0.0272. The number of rotatable bonds is 11. The third-order valence-electron chi connectivity index (χ3n) is 10.2. The zero-order valence-electron chi connectivity index (χ0n) is 26.8. The van der Waals surface area contributed by atoms with Gasteiger partial charge in [0.25, 0.3) is 5.91 Å². The van der Waals surface area contributed by atoms with Crippen LogP contribution in [-0.4, -0.2) is 83.2 Å². The molecule has 10 nitrogen and oxygen atoms in total. The van der Waals surface area contributed by atoms with E-state index < -0.39 is 13.9 Å². The highest BCUT2D eigenvalue weighted by molar-refractivity contribution is 6.71. The van der Waals surface area contributed by atoms with Gasteiger partial charge in [0, 0.05) is 42.7 Å².